The summed E-state index contributed by atoms with van der Waals surface area (Å²) >= 11 is 1.50. The highest BCUT2D eigenvalue weighted by Crippen LogP contribution is 2.40. The van der Waals surface area contributed by atoms with Crippen molar-refractivity contribution >= 4 is 34.2 Å². The van der Waals surface area contributed by atoms with E-state index in [9.17, 15) is 4.79 Å². The van der Waals surface area contributed by atoms with Crippen LogP contribution in [0.3, 0.4) is 0 Å². The lowest BCUT2D eigenvalue weighted by molar-refractivity contribution is 0.0951. The molecule has 24 heavy (non-hydrogen) atoms. The summed E-state index contributed by atoms with van der Waals surface area (Å²) in [5.41, 5.74) is 0.948. The highest BCUT2D eigenvalue weighted by molar-refractivity contribution is 7.09. The van der Waals surface area contributed by atoms with E-state index in [0.717, 1.165) is 17.8 Å². The monoisotopic (exact) mass is 343 g/mol. The molecular formula is C16H17N5O2S. The molecule has 0 spiro atoms. The van der Waals surface area contributed by atoms with Crippen LogP contribution in [-0.2, 0) is 6.54 Å². The summed E-state index contributed by atoms with van der Waals surface area (Å²) in [5, 5.41) is 9.68. The summed E-state index contributed by atoms with van der Waals surface area (Å²) < 4.78 is 5.67. The van der Waals surface area contributed by atoms with Crippen LogP contribution in [0.1, 0.15) is 40.9 Å². The first-order valence-electron chi connectivity index (χ1n) is 7.75. The van der Waals surface area contributed by atoms with Crippen molar-refractivity contribution in [1.82, 2.24) is 20.3 Å². The minimum absolute atomic E-state index is 0.0428. The third-order valence-electron chi connectivity index (χ3n) is 4.20. The van der Waals surface area contributed by atoms with Gasteiger partial charge in [-0.1, -0.05) is 0 Å². The second-order valence-electron chi connectivity index (χ2n) is 6.23. The van der Waals surface area contributed by atoms with Gasteiger partial charge in [-0.25, -0.2) is 15.0 Å². The number of rotatable bonds is 5. The molecule has 1 saturated carbocycles. The molecule has 3 aromatic rings. The topological polar surface area (TPSA) is 92.9 Å². The Morgan fingerprint density at radius 2 is 2.21 bits per heavy atom. The number of nitrogens with one attached hydrogen (secondary N) is 2. The van der Waals surface area contributed by atoms with E-state index in [1.54, 1.807) is 13.1 Å². The molecule has 4 rings (SSSR count). The third-order valence-corrected chi connectivity index (χ3v) is 4.97. The Labute approximate surface area is 142 Å². The Morgan fingerprint density at radius 1 is 1.38 bits per heavy atom. The van der Waals surface area contributed by atoms with E-state index in [4.69, 9.17) is 4.42 Å². The minimum Gasteiger partial charge on any atom is -0.442 e. The van der Waals surface area contributed by atoms with E-state index >= 15 is 0 Å². The van der Waals surface area contributed by atoms with Crippen LogP contribution in [0.4, 0.5) is 5.82 Å². The molecule has 1 amide bonds. The van der Waals surface area contributed by atoms with Crippen molar-refractivity contribution in [3.05, 3.63) is 34.2 Å². The fourth-order valence-electron chi connectivity index (χ4n) is 2.60. The fraction of sp³-hybridized carbons (Fsp3) is 0.375. The third kappa shape index (κ3) is 2.73. The van der Waals surface area contributed by atoms with Crippen molar-refractivity contribution in [2.75, 3.05) is 5.32 Å². The summed E-state index contributed by atoms with van der Waals surface area (Å²) in [4.78, 5) is 25.3. The minimum atomic E-state index is -0.208. The van der Waals surface area contributed by atoms with Crippen LogP contribution in [0.2, 0.25) is 0 Å². The maximum atomic E-state index is 12.7. The van der Waals surface area contributed by atoms with Crippen molar-refractivity contribution in [2.24, 2.45) is 0 Å². The molecule has 3 heterocycles. The first-order valence-corrected chi connectivity index (χ1v) is 8.62. The summed E-state index contributed by atoms with van der Waals surface area (Å²) in [5.74, 6) is 0.975. The Balaban J connectivity index is 1.68. The lowest BCUT2D eigenvalue weighted by atomic mass is 10.1. The van der Waals surface area contributed by atoms with Gasteiger partial charge in [-0.05, 0) is 26.7 Å². The number of hydrogen-bond donors (Lipinski definition) is 2. The van der Waals surface area contributed by atoms with Gasteiger partial charge >= 0.3 is 0 Å². The molecule has 0 aromatic carbocycles. The van der Waals surface area contributed by atoms with Crippen molar-refractivity contribution in [1.29, 1.82) is 0 Å². The molecule has 124 valence electrons. The molecule has 0 atom stereocenters. The molecule has 1 aliphatic carbocycles. The fourth-order valence-corrected chi connectivity index (χ4v) is 3.15. The van der Waals surface area contributed by atoms with E-state index in [2.05, 4.69) is 32.5 Å². The largest absolute Gasteiger partial charge is 0.442 e. The van der Waals surface area contributed by atoms with Crippen LogP contribution in [-0.4, -0.2) is 26.4 Å². The zero-order chi connectivity index (χ0) is 16.7. The molecule has 0 unspecified atom stereocenters. The van der Waals surface area contributed by atoms with Gasteiger partial charge in [0.15, 0.2) is 0 Å². The molecule has 3 aromatic heterocycles. The molecule has 8 heteroatoms. The lowest BCUT2D eigenvalue weighted by Gasteiger charge is -2.13. The van der Waals surface area contributed by atoms with Crippen LogP contribution < -0.4 is 10.6 Å². The van der Waals surface area contributed by atoms with Gasteiger partial charge in [0.25, 0.3) is 5.91 Å². The summed E-state index contributed by atoms with van der Waals surface area (Å²) in [6, 6.07) is 0. The van der Waals surface area contributed by atoms with Gasteiger partial charge in [0.1, 0.15) is 22.9 Å². The number of hydrogen-bond acceptors (Lipinski definition) is 7. The van der Waals surface area contributed by atoms with E-state index in [1.165, 1.54) is 17.7 Å². The molecule has 1 fully saturated rings. The summed E-state index contributed by atoms with van der Waals surface area (Å²) in [6.07, 6.45) is 5.34. The van der Waals surface area contributed by atoms with E-state index < -0.39 is 0 Å². The van der Waals surface area contributed by atoms with Gasteiger partial charge in [0.2, 0.25) is 5.71 Å². The van der Waals surface area contributed by atoms with Gasteiger partial charge in [-0.15, -0.1) is 11.3 Å². The van der Waals surface area contributed by atoms with Crippen molar-refractivity contribution in [2.45, 2.75) is 38.8 Å². The van der Waals surface area contributed by atoms with Gasteiger partial charge in [0.05, 0.1) is 17.5 Å². The summed E-state index contributed by atoms with van der Waals surface area (Å²) in [7, 11) is 0. The zero-order valence-electron chi connectivity index (χ0n) is 13.4. The van der Waals surface area contributed by atoms with Crippen LogP contribution >= 0.6 is 11.3 Å². The average Bonchev–Trinajstić information content (AvgIpc) is 2.98. The molecule has 0 bridgehead atoms. The molecule has 0 aliphatic heterocycles. The standard InChI is InChI=1S/C16H17N5O2S/c1-9-11(14(22)18-7-10-17-5-6-24-10)12-13(21-16(2)3-4-16)19-8-20-15(12)23-9/h5-6,8H,3-4,7H2,1-2H3,(H,18,22)(H,19,20,21). The van der Waals surface area contributed by atoms with Crippen molar-refractivity contribution in [3.63, 3.8) is 0 Å². The lowest BCUT2D eigenvalue weighted by Crippen LogP contribution is -2.24. The number of furan rings is 1. The molecular weight excluding hydrogens is 326 g/mol. The van der Waals surface area contributed by atoms with E-state index in [1.807, 2.05) is 5.38 Å². The van der Waals surface area contributed by atoms with Crippen molar-refractivity contribution in [3.8, 4) is 0 Å². The first-order chi connectivity index (χ1) is 11.6. The SMILES string of the molecule is Cc1oc2ncnc(NC3(C)CC3)c2c1C(=O)NCc1nccs1. The number of carbonyl (C=O) groups is 1. The Kier molecular flexibility index (Phi) is 3.49. The van der Waals surface area contributed by atoms with Crippen molar-refractivity contribution < 1.29 is 9.21 Å². The second-order valence-corrected chi connectivity index (χ2v) is 7.21. The van der Waals surface area contributed by atoms with Crippen LogP contribution in [0.5, 0.6) is 0 Å². The number of aromatic nitrogens is 3. The number of aryl methyl sites for hydroxylation is 1. The number of carbonyl (C=O) groups excluding carboxylic acids is 1. The smallest absolute Gasteiger partial charge is 0.256 e. The maximum absolute atomic E-state index is 12.7. The molecule has 2 N–H and O–H groups in total. The Morgan fingerprint density at radius 3 is 2.92 bits per heavy atom. The van der Waals surface area contributed by atoms with Gasteiger partial charge in [-0.3, -0.25) is 4.79 Å². The number of anilines is 1. The zero-order valence-corrected chi connectivity index (χ0v) is 14.2. The van der Waals surface area contributed by atoms with Gasteiger partial charge in [-0.2, -0.15) is 0 Å². The second kappa shape index (κ2) is 5.55. The van der Waals surface area contributed by atoms with Crippen LogP contribution in [0, 0.1) is 6.92 Å². The predicted molar refractivity (Wildman–Crippen MR) is 91.1 cm³/mol. The normalized spacial score (nSPS) is 15.4. The average molecular weight is 343 g/mol. The predicted octanol–water partition coefficient (Wildman–Crippen LogP) is 2.88. The number of amides is 1. The quantitative estimate of drug-likeness (QED) is 0.740. The Bertz CT molecular complexity index is 899. The summed E-state index contributed by atoms with van der Waals surface area (Å²) in [6.45, 7) is 4.29. The van der Waals surface area contributed by atoms with E-state index in [-0.39, 0.29) is 11.4 Å². The van der Waals surface area contributed by atoms with Crippen LogP contribution in [0.15, 0.2) is 22.3 Å². The molecule has 7 nitrogen and oxygen atoms in total. The molecule has 0 radical (unpaired) electrons. The highest BCUT2D eigenvalue weighted by atomic mass is 32.1. The number of fused-ring (bicyclic) bond motifs is 1. The molecule has 1 aliphatic rings. The number of nitrogens with zero attached hydrogens (tertiary/aromatic N) is 3. The maximum Gasteiger partial charge on any atom is 0.256 e. The molecule has 0 saturated heterocycles. The number of thiazole rings is 1. The van der Waals surface area contributed by atoms with Gasteiger partial charge in [0, 0.05) is 17.1 Å². The Hall–Kier alpha value is -2.48. The highest BCUT2D eigenvalue weighted by Gasteiger charge is 2.38. The van der Waals surface area contributed by atoms with Crippen LogP contribution in [0.25, 0.3) is 11.1 Å². The van der Waals surface area contributed by atoms with E-state index in [0.29, 0.717) is 34.8 Å². The van der Waals surface area contributed by atoms with Gasteiger partial charge < -0.3 is 15.1 Å². The first kappa shape index (κ1) is 15.1.